The largest absolute Gasteiger partial charge is 0.328 e. The Morgan fingerprint density at radius 2 is 2.15 bits per heavy atom. The number of hydrogen-bond donors (Lipinski definition) is 2. The SMILES string of the molecule is CCCC(N)CCNC1CC1CC. The molecule has 0 aromatic carbocycles. The molecule has 0 heterocycles. The maximum Gasteiger partial charge on any atom is 0.00990 e. The number of hydrogen-bond acceptors (Lipinski definition) is 2. The van der Waals surface area contributed by atoms with Crippen LogP contribution in [-0.2, 0) is 0 Å². The highest BCUT2D eigenvalue weighted by molar-refractivity contribution is 4.91. The molecule has 1 aliphatic carbocycles. The molecule has 2 heteroatoms. The summed E-state index contributed by atoms with van der Waals surface area (Å²) in [5.41, 5.74) is 5.92. The van der Waals surface area contributed by atoms with E-state index >= 15 is 0 Å². The normalized spacial score (nSPS) is 28.8. The summed E-state index contributed by atoms with van der Waals surface area (Å²) in [5.74, 6) is 0.961. The molecule has 0 aromatic heterocycles. The van der Waals surface area contributed by atoms with Crippen molar-refractivity contribution in [2.75, 3.05) is 6.54 Å². The summed E-state index contributed by atoms with van der Waals surface area (Å²) in [6, 6.07) is 1.23. The van der Waals surface area contributed by atoms with Crippen molar-refractivity contribution in [2.45, 2.75) is 58.0 Å². The van der Waals surface area contributed by atoms with Crippen LogP contribution in [0.3, 0.4) is 0 Å². The van der Waals surface area contributed by atoms with Gasteiger partial charge in [0.05, 0.1) is 0 Å². The minimum atomic E-state index is 0.413. The van der Waals surface area contributed by atoms with Crippen LogP contribution in [-0.4, -0.2) is 18.6 Å². The lowest BCUT2D eigenvalue weighted by Crippen LogP contribution is -2.28. The van der Waals surface area contributed by atoms with E-state index in [0.29, 0.717) is 6.04 Å². The Kier molecular flexibility index (Phi) is 4.74. The number of nitrogens with two attached hydrogens (primary N) is 1. The minimum absolute atomic E-state index is 0.413. The highest BCUT2D eigenvalue weighted by atomic mass is 15.0. The van der Waals surface area contributed by atoms with Crippen LogP contribution in [0, 0.1) is 5.92 Å². The Balaban J connectivity index is 1.90. The average Bonchev–Trinajstić information content (AvgIpc) is 2.84. The molecule has 1 rings (SSSR count). The Hall–Kier alpha value is -0.0800. The second-order valence-electron chi connectivity index (χ2n) is 4.30. The smallest absolute Gasteiger partial charge is 0.00990 e. The molecule has 3 unspecified atom stereocenters. The molecular formula is C11H24N2. The van der Waals surface area contributed by atoms with Crippen LogP contribution in [0.2, 0.25) is 0 Å². The fourth-order valence-electron chi connectivity index (χ4n) is 1.92. The van der Waals surface area contributed by atoms with E-state index in [2.05, 4.69) is 19.2 Å². The van der Waals surface area contributed by atoms with Crippen LogP contribution >= 0.6 is 0 Å². The van der Waals surface area contributed by atoms with Gasteiger partial charge in [-0.2, -0.15) is 0 Å². The zero-order valence-electron chi connectivity index (χ0n) is 9.05. The van der Waals surface area contributed by atoms with Crippen molar-refractivity contribution >= 4 is 0 Å². The minimum Gasteiger partial charge on any atom is -0.328 e. The van der Waals surface area contributed by atoms with Gasteiger partial charge in [0.15, 0.2) is 0 Å². The van der Waals surface area contributed by atoms with Gasteiger partial charge in [0.1, 0.15) is 0 Å². The molecule has 13 heavy (non-hydrogen) atoms. The lowest BCUT2D eigenvalue weighted by atomic mass is 10.1. The number of nitrogens with one attached hydrogen (secondary N) is 1. The van der Waals surface area contributed by atoms with Gasteiger partial charge in [0.25, 0.3) is 0 Å². The van der Waals surface area contributed by atoms with Crippen molar-refractivity contribution in [3.63, 3.8) is 0 Å². The van der Waals surface area contributed by atoms with E-state index in [-0.39, 0.29) is 0 Å². The topological polar surface area (TPSA) is 38.0 Å². The van der Waals surface area contributed by atoms with Crippen molar-refractivity contribution in [2.24, 2.45) is 11.7 Å². The van der Waals surface area contributed by atoms with E-state index < -0.39 is 0 Å². The predicted octanol–water partition coefficient (Wildman–Crippen LogP) is 1.89. The monoisotopic (exact) mass is 184 g/mol. The molecule has 1 saturated carbocycles. The van der Waals surface area contributed by atoms with Crippen molar-refractivity contribution in [3.8, 4) is 0 Å². The maximum atomic E-state index is 5.92. The second-order valence-corrected chi connectivity index (χ2v) is 4.30. The summed E-state index contributed by atoms with van der Waals surface area (Å²) >= 11 is 0. The molecule has 1 fully saturated rings. The van der Waals surface area contributed by atoms with Gasteiger partial charge in [-0.3, -0.25) is 0 Å². The Labute approximate surface area is 82.3 Å². The quantitative estimate of drug-likeness (QED) is 0.634. The lowest BCUT2D eigenvalue weighted by molar-refractivity contribution is 0.516. The molecule has 0 radical (unpaired) electrons. The molecule has 0 spiro atoms. The molecule has 0 saturated heterocycles. The predicted molar refractivity (Wildman–Crippen MR) is 57.7 cm³/mol. The van der Waals surface area contributed by atoms with Crippen LogP contribution in [0.4, 0.5) is 0 Å². The van der Waals surface area contributed by atoms with E-state index in [9.17, 15) is 0 Å². The van der Waals surface area contributed by atoms with E-state index in [0.717, 1.165) is 24.9 Å². The number of rotatable bonds is 7. The first-order valence-corrected chi connectivity index (χ1v) is 5.76. The van der Waals surface area contributed by atoms with Gasteiger partial charge in [0, 0.05) is 12.1 Å². The summed E-state index contributed by atoms with van der Waals surface area (Å²) in [5, 5.41) is 3.57. The molecule has 0 aromatic rings. The fourth-order valence-corrected chi connectivity index (χ4v) is 1.92. The highest BCUT2D eigenvalue weighted by Gasteiger charge is 2.34. The Morgan fingerprint density at radius 1 is 1.38 bits per heavy atom. The van der Waals surface area contributed by atoms with Crippen molar-refractivity contribution in [3.05, 3.63) is 0 Å². The van der Waals surface area contributed by atoms with E-state index in [1.165, 1.54) is 25.7 Å². The van der Waals surface area contributed by atoms with E-state index in [4.69, 9.17) is 5.73 Å². The third-order valence-electron chi connectivity index (χ3n) is 3.03. The van der Waals surface area contributed by atoms with Gasteiger partial charge >= 0.3 is 0 Å². The highest BCUT2D eigenvalue weighted by Crippen LogP contribution is 2.32. The molecule has 2 nitrogen and oxygen atoms in total. The molecule has 1 aliphatic rings. The molecule has 3 atom stereocenters. The average molecular weight is 184 g/mol. The summed E-state index contributed by atoms with van der Waals surface area (Å²) in [6.07, 6.45) is 6.24. The van der Waals surface area contributed by atoms with Crippen molar-refractivity contribution < 1.29 is 0 Å². The van der Waals surface area contributed by atoms with Gasteiger partial charge in [-0.25, -0.2) is 0 Å². The standard InChI is InChI=1S/C11H24N2/c1-3-5-10(12)6-7-13-11-8-9(11)4-2/h9-11,13H,3-8,12H2,1-2H3. The van der Waals surface area contributed by atoms with Gasteiger partial charge < -0.3 is 11.1 Å². The van der Waals surface area contributed by atoms with Crippen molar-refractivity contribution in [1.29, 1.82) is 0 Å². The molecule has 0 aliphatic heterocycles. The fraction of sp³-hybridized carbons (Fsp3) is 1.00. The molecule has 0 amide bonds. The summed E-state index contributed by atoms with van der Waals surface area (Å²) in [4.78, 5) is 0. The second kappa shape index (κ2) is 5.61. The molecular weight excluding hydrogens is 160 g/mol. The van der Waals surface area contributed by atoms with Crippen LogP contribution in [0.5, 0.6) is 0 Å². The van der Waals surface area contributed by atoms with Crippen LogP contribution in [0.25, 0.3) is 0 Å². The van der Waals surface area contributed by atoms with Gasteiger partial charge in [-0.15, -0.1) is 0 Å². The third kappa shape index (κ3) is 4.10. The molecule has 78 valence electrons. The Morgan fingerprint density at radius 3 is 2.69 bits per heavy atom. The van der Waals surface area contributed by atoms with E-state index in [1.807, 2.05) is 0 Å². The van der Waals surface area contributed by atoms with Gasteiger partial charge in [-0.05, 0) is 31.7 Å². The zero-order chi connectivity index (χ0) is 9.68. The maximum absolute atomic E-state index is 5.92. The summed E-state index contributed by atoms with van der Waals surface area (Å²) in [7, 11) is 0. The summed E-state index contributed by atoms with van der Waals surface area (Å²) < 4.78 is 0. The van der Waals surface area contributed by atoms with Crippen LogP contribution < -0.4 is 11.1 Å². The first-order valence-electron chi connectivity index (χ1n) is 5.76. The lowest BCUT2D eigenvalue weighted by Gasteiger charge is -2.10. The zero-order valence-corrected chi connectivity index (χ0v) is 9.05. The van der Waals surface area contributed by atoms with E-state index in [1.54, 1.807) is 0 Å². The van der Waals surface area contributed by atoms with Gasteiger partial charge in [0.2, 0.25) is 0 Å². The first-order chi connectivity index (χ1) is 6.27. The van der Waals surface area contributed by atoms with Gasteiger partial charge in [-0.1, -0.05) is 26.7 Å². The Bertz CT molecular complexity index is 134. The van der Waals surface area contributed by atoms with Crippen molar-refractivity contribution in [1.82, 2.24) is 5.32 Å². The first kappa shape index (κ1) is 11.0. The molecule has 3 N–H and O–H groups in total. The summed E-state index contributed by atoms with van der Waals surface area (Å²) in [6.45, 7) is 5.58. The van der Waals surface area contributed by atoms with Crippen LogP contribution in [0.1, 0.15) is 46.0 Å². The van der Waals surface area contributed by atoms with Crippen LogP contribution in [0.15, 0.2) is 0 Å². The third-order valence-corrected chi connectivity index (χ3v) is 3.03. The molecule has 0 bridgehead atoms.